The molecule has 0 aliphatic carbocycles. The van der Waals surface area contributed by atoms with E-state index in [1.54, 1.807) is 40.2 Å². The maximum atomic E-state index is 12.6. The Labute approximate surface area is 192 Å². The van der Waals surface area contributed by atoms with Crippen LogP contribution in [0.15, 0.2) is 54.9 Å². The first-order valence-electron chi connectivity index (χ1n) is 10.4. The molecular weight excluding hydrogens is 447 g/mol. The minimum absolute atomic E-state index is 0.181. The molecule has 0 radical (unpaired) electrons. The van der Waals surface area contributed by atoms with E-state index in [2.05, 4.69) is 15.1 Å². The van der Waals surface area contributed by atoms with Crippen LogP contribution >= 0.6 is 0 Å². The fourth-order valence-electron chi connectivity index (χ4n) is 3.92. The lowest BCUT2D eigenvalue weighted by atomic mass is 10.0. The largest absolute Gasteiger partial charge is 0.468 e. The molecule has 4 heterocycles. The Morgan fingerprint density at radius 2 is 1.94 bits per heavy atom. The summed E-state index contributed by atoms with van der Waals surface area (Å²) in [6, 6.07) is 12.2. The quantitative estimate of drug-likeness (QED) is 0.497. The second-order valence-electron chi connectivity index (χ2n) is 8.05. The number of pyridine rings is 2. The number of hydrogen-bond acceptors (Lipinski definition) is 6. The van der Waals surface area contributed by atoms with Gasteiger partial charge in [0.25, 0.3) is 0 Å². The third kappa shape index (κ3) is 4.19. The summed E-state index contributed by atoms with van der Waals surface area (Å²) < 4.78 is 44.5. The van der Waals surface area contributed by atoms with Crippen molar-refractivity contribution in [1.82, 2.24) is 19.7 Å². The van der Waals surface area contributed by atoms with Gasteiger partial charge in [-0.2, -0.15) is 18.3 Å². The van der Waals surface area contributed by atoms with Crippen molar-refractivity contribution in [2.45, 2.75) is 19.3 Å². The predicted molar refractivity (Wildman–Crippen MR) is 120 cm³/mol. The molecule has 1 atom stereocenters. The van der Waals surface area contributed by atoms with Crippen molar-refractivity contribution >= 4 is 28.4 Å². The number of hydrogen-bond donors (Lipinski definition) is 1. The lowest BCUT2D eigenvalue weighted by molar-refractivity contribution is -0.154. The molecule has 0 saturated carbocycles. The zero-order chi connectivity index (χ0) is 24.0. The number of ether oxygens (including phenoxy) is 1. The van der Waals surface area contributed by atoms with E-state index in [-0.39, 0.29) is 5.88 Å². The third-order valence-electron chi connectivity index (χ3n) is 5.46. The molecule has 0 amide bonds. The van der Waals surface area contributed by atoms with Gasteiger partial charge in [-0.05, 0) is 37.3 Å². The number of nitrogens with zero attached hydrogens (tertiary/aromatic N) is 5. The molecule has 1 aliphatic heterocycles. The fraction of sp³-hybridized carbons (Fsp3) is 0.208. The van der Waals surface area contributed by atoms with Crippen LogP contribution in [-0.4, -0.2) is 43.9 Å². The third-order valence-corrected chi connectivity index (χ3v) is 5.46. The molecule has 34 heavy (non-hydrogen) atoms. The second-order valence-corrected chi connectivity index (χ2v) is 8.05. The Balaban J connectivity index is 1.66. The summed E-state index contributed by atoms with van der Waals surface area (Å²) in [5.41, 5.74) is 3.33. The number of aliphatic hydroxyl groups is 1. The monoisotopic (exact) mass is 467 g/mol. The van der Waals surface area contributed by atoms with Crippen molar-refractivity contribution in [3.8, 4) is 5.88 Å². The van der Waals surface area contributed by atoms with Gasteiger partial charge in [0.15, 0.2) is 12.8 Å². The van der Waals surface area contributed by atoms with Crippen LogP contribution < -0.4 is 20.2 Å². The van der Waals surface area contributed by atoms with Gasteiger partial charge in [0.1, 0.15) is 0 Å². The molecule has 0 fully saturated rings. The lowest BCUT2D eigenvalue weighted by Gasteiger charge is -2.31. The number of aromatic nitrogens is 4. The van der Waals surface area contributed by atoms with Crippen LogP contribution in [0.25, 0.3) is 22.7 Å². The Hall–Kier alpha value is -3.92. The molecule has 5 rings (SSSR count). The molecule has 174 valence electrons. The number of halogens is 3. The normalized spacial score (nSPS) is 15.9. The van der Waals surface area contributed by atoms with Crippen LogP contribution in [0.2, 0.25) is 0 Å². The highest BCUT2D eigenvalue weighted by molar-refractivity contribution is 5.85. The van der Waals surface area contributed by atoms with Crippen LogP contribution in [-0.2, 0) is 7.05 Å². The van der Waals surface area contributed by atoms with Gasteiger partial charge < -0.3 is 14.7 Å². The van der Waals surface area contributed by atoms with Crippen molar-refractivity contribution < 1.29 is 23.0 Å². The minimum atomic E-state index is -4.49. The topological polar surface area (TPSA) is 76.3 Å². The zero-order valence-corrected chi connectivity index (χ0v) is 18.3. The molecule has 0 bridgehead atoms. The number of alkyl halides is 3. The average Bonchev–Trinajstić information content (AvgIpc) is 3.17. The summed E-state index contributed by atoms with van der Waals surface area (Å²) in [4.78, 5) is 10.3. The van der Waals surface area contributed by atoms with E-state index in [1.165, 1.54) is 6.07 Å². The summed E-state index contributed by atoms with van der Waals surface area (Å²) in [7, 11) is 1.83. The van der Waals surface area contributed by atoms with Crippen LogP contribution in [0.5, 0.6) is 5.88 Å². The fourth-order valence-corrected chi connectivity index (χ4v) is 3.92. The van der Waals surface area contributed by atoms with E-state index in [0.717, 1.165) is 16.6 Å². The smallest absolute Gasteiger partial charge is 0.422 e. The Kier molecular flexibility index (Phi) is 5.24. The number of rotatable bonds is 4. The van der Waals surface area contributed by atoms with Crippen molar-refractivity contribution in [2.24, 2.45) is 7.05 Å². The molecule has 1 aliphatic rings. The standard InChI is InChI=1S/C24H20F3N5O2/c1-14-3-4-15(10-28-14)21-22-16(5-8-20(29-22)34-13-24(25,26)27)12-32(23(21)33)18-6-7-19-17(9-18)11-31(2)30-19/h3-12,23,33H,13H2,1-2H3. The van der Waals surface area contributed by atoms with E-state index < -0.39 is 19.0 Å². The van der Waals surface area contributed by atoms with Gasteiger partial charge in [-0.1, -0.05) is 6.07 Å². The molecule has 3 aromatic heterocycles. The summed E-state index contributed by atoms with van der Waals surface area (Å²) >= 11 is 0. The predicted octanol–water partition coefficient (Wildman–Crippen LogP) is 2.39. The number of aryl methyl sites for hydroxylation is 2. The van der Waals surface area contributed by atoms with Crippen LogP contribution in [0.1, 0.15) is 11.3 Å². The van der Waals surface area contributed by atoms with Crippen molar-refractivity contribution in [2.75, 3.05) is 11.5 Å². The maximum absolute atomic E-state index is 12.6. The zero-order valence-electron chi connectivity index (χ0n) is 18.3. The Morgan fingerprint density at radius 1 is 1.12 bits per heavy atom. The number of aliphatic hydroxyl groups excluding tert-OH is 1. The SMILES string of the molecule is Cc1ccc(C2=c3nc(OCC(F)(F)F)ccc3=CN(c3ccc4nn(C)cc4c3)C2O)cn1. The highest BCUT2D eigenvalue weighted by Crippen LogP contribution is 2.28. The molecule has 1 aromatic carbocycles. The lowest BCUT2D eigenvalue weighted by Crippen LogP contribution is -2.47. The Bertz CT molecular complexity index is 1500. The summed E-state index contributed by atoms with van der Waals surface area (Å²) in [6.45, 7) is 0.383. The van der Waals surface area contributed by atoms with Crippen LogP contribution in [0.3, 0.4) is 0 Å². The highest BCUT2D eigenvalue weighted by Gasteiger charge is 2.29. The molecular formula is C24H20F3N5O2. The molecule has 1 N–H and O–H groups in total. The molecule has 1 unspecified atom stereocenters. The first-order valence-corrected chi connectivity index (χ1v) is 10.4. The van der Waals surface area contributed by atoms with Gasteiger partial charge in [0, 0.05) is 64.8 Å². The van der Waals surface area contributed by atoms with Gasteiger partial charge >= 0.3 is 6.18 Å². The van der Waals surface area contributed by atoms with E-state index in [1.807, 2.05) is 38.4 Å². The van der Waals surface area contributed by atoms with E-state index in [4.69, 9.17) is 4.74 Å². The van der Waals surface area contributed by atoms with Crippen LogP contribution in [0, 0.1) is 6.92 Å². The second kappa shape index (κ2) is 8.14. The molecule has 10 heteroatoms. The minimum Gasteiger partial charge on any atom is -0.468 e. The van der Waals surface area contributed by atoms with Crippen LogP contribution in [0.4, 0.5) is 18.9 Å². The Morgan fingerprint density at radius 3 is 2.68 bits per heavy atom. The van der Waals surface area contributed by atoms with E-state index >= 15 is 0 Å². The van der Waals surface area contributed by atoms with Gasteiger partial charge in [0.2, 0.25) is 5.88 Å². The average molecular weight is 467 g/mol. The van der Waals surface area contributed by atoms with Gasteiger partial charge in [-0.15, -0.1) is 0 Å². The molecule has 4 aromatic rings. The maximum Gasteiger partial charge on any atom is 0.422 e. The van der Waals surface area contributed by atoms with Gasteiger partial charge in [-0.3, -0.25) is 9.67 Å². The summed E-state index contributed by atoms with van der Waals surface area (Å²) in [5.74, 6) is -0.181. The first kappa shape index (κ1) is 21.9. The van der Waals surface area contributed by atoms with E-state index in [9.17, 15) is 18.3 Å². The molecule has 7 nitrogen and oxygen atoms in total. The number of anilines is 1. The number of benzene rings is 1. The number of fused-ring (bicyclic) bond motifs is 2. The highest BCUT2D eigenvalue weighted by atomic mass is 19.4. The van der Waals surface area contributed by atoms with Gasteiger partial charge in [0.05, 0.1) is 10.9 Å². The first-order chi connectivity index (χ1) is 16.2. The van der Waals surface area contributed by atoms with Gasteiger partial charge in [-0.25, -0.2) is 4.98 Å². The summed E-state index contributed by atoms with van der Waals surface area (Å²) in [5, 5.41) is 17.7. The van der Waals surface area contributed by atoms with Crippen molar-refractivity contribution in [3.63, 3.8) is 0 Å². The molecule has 0 spiro atoms. The van der Waals surface area contributed by atoms with E-state index in [0.29, 0.717) is 27.4 Å². The van der Waals surface area contributed by atoms with Crippen molar-refractivity contribution in [1.29, 1.82) is 0 Å². The van der Waals surface area contributed by atoms with Crippen molar-refractivity contribution in [3.05, 3.63) is 76.7 Å². The summed E-state index contributed by atoms with van der Waals surface area (Å²) in [6.07, 6.45) is -0.460. The molecule has 0 saturated heterocycles.